The van der Waals surface area contributed by atoms with Crippen LogP contribution in [0.2, 0.25) is 0 Å². The molecule has 0 bridgehead atoms. The van der Waals surface area contributed by atoms with E-state index >= 15 is 0 Å². The van der Waals surface area contributed by atoms with Crippen LogP contribution in [0.15, 0.2) is 30.5 Å². The van der Waals surface area contributed by atoms with Crippen LogP contribution in [-0.2, 0) is 6.54 Å². The highest BCUT2D eigenvalue weighted by molar-refractivity contribution is 5.61. The molecular weight excluding hydrogens is 260 g/mol. The highest BCUT2D eigenvalue weighted by Gasteiger charge is 2.13. The molecule has 0 amide bonds. The van der Waals surface area contributed by atoms with E-state index < -0.39 is 0 Å². The van der Waals surface area contributed by atoms with Gasteiger partial charge < -0.3 is 10.2 Å². The minimum atomic E-state index is 0.768. The molecule has 2 rings (SSSR count). The van der Waals surface area contributed by atoms with E-state index in [0.29, 0.717) is 0 Å². The Morgan fingerprint density at radius 2 is 1.90 bits per heavy atom. The average Bonchev–Trinajstić information content (AvgIpc) is 2.49. The summed E-state index contributed by atoms with van der Waals surface area (Å²) >= 11 is 0. The van der Waals surface area contributed by atoms with Gasteiger partial charge in [-0.05, 0) is 38.9 Å². The summed E-state index contributed by atoms with van der Waals surface area (Å²) in [6, 6.07) is 8.34. The summed E-state index contributed by atoms with van der Waals surface area (Å²) in [6.07, 6.45) is 1.93. The first-order valence-corrected chi connectivity index (χ1v) is 7.53. The molecule has 0 aliphatic rings. The first-order chi connectivity index (χ1) is 10.2. The minimum absolute atomic E-state index is 0.768. The third-order valence-electron chi connectivity index (χ3n) is 3.60. The Labute approximate surface area is 127 Å². The van der Waals surface area contributed by atoms with E-state index in [-0.39, 0.29) is 0 Å². The fourth-order valence-corrected chi connectivity index (χ4v) is 2.33. The van der Waals surface area contributed by atoms with Crippen molar-refractivity contribution in [1.29, 1.82) is 0 Å². The molecule has 1 aromatic heterocycles. The SMILES string of the molecule is CCNCc1cnc(N(CC)c2ccccc2C)nc1C. The third-order valence-corrected chi connectivity index (χ3v) is 3.60. The number of para-hydroxylation sites is 1. The highest BCUT2D eigenvalue weighted by atomic mass is 15.3. The van der Waals surface area contributed by atoms with Gasteiger partial charge in [0.1, 0.15) is 0 Å². The Balaban J connectivity index is 2.31. The second-order valence-electron chi connectivity index (χ2n) is 5.09. The van der Waals surface area contributed by atoms with Crippen LogP contribution in [0.25, 0.3) is 0 Å². The fraction of sp³-hybridized carbons (Fsp3) is 0.412. The van der Waals surface area contributed by atoms with Crippen LogP contribution >= 0.6 is 0 Å². The largest absolute Gasteiger partial charge is 0.313 e. The van der Waals surface area contributed by atoms with Gasteiger partial charge in [0.05, 0.1) is 0 Å². The molecule has 0 atom stereocenters. The van der Waals surface area contributed by atoms with Gasteiger partial charge in [0.2, 0.25) is 5.95 Å². The van der Waals surface area contributed by atoms with E-state index in [0.717, 1.165) is 36.8 Å². The van der Waals surface area contributed by atoms with Gasteiger partial charge >= 0.3 is 0 Å². The van der Waals surface area contributed by atoms with Crippen LogP contribution in [0.1, 0.15) is 30.7 Å². The van der Waals surface area contributed by atoms with Crippen LogP contribution in [0, 0.1) is 13.8 Å². The lowest BCUT2D eigenvalue weighted by atomic mass is 10.2. The summed E-state index contributed by atoms with van der Waals surface area (Å²) in [5, 5.41) is 3.32. The van der Waals surface area contributed by atoms with Gasteiger partial charge in [-0.25, -0.2) is 9.97 Å². The maximum atomic E-state index is 4.69. The molecule has 112 valence electrons. The number of nitrogens with zero attached hydrogens (tertiary/aromatic N) is 3. The van der Waals surface area contributed by atoms with Crippen molar-refractivity contribution in [2.24, 2.45) is 0 Å². The molecule has 1 N–H and O–H groups in total. The van der Waals surface area contributed by atoms with Gasteiger partial charge in [0.15, 0.2) is 0 Å². The first-order valence-electron chi connectivity index (χ1n) is 7.53. The Morgan fingerprint density at radius 3 is 2.52 bits per heavy atom. The number of hydrogen-bond donors (Lipinski definition) is 1. The monoisotopic (exact) mass is 284 g/mol. The van der Waals surface area contributed by atoms with Crippen molar-refractivity contribution < 1.29 is 0 Å². The Hall–Kier alpha value is -1.94. The Kier molecular flexibility index (Phi) is 5.28. The molecule has 4 heteroatoms. The third kappa shape index (κ3) is 3.58. The lowest BCUT2D eigenvalue weighted by Crippen LogP contribution is -2.21. The zero-order chi connectivity index (χ0) is 15.2. The van der Waals surface area contributed by atoms with Gasteiger partial charge in [0.25, 0.3) is 0 Å². The van der Waals surface area contributed by atoms with Gasteiger partial charge in [-0.1, -0.05) is 25.1 Å². The molecule has 1 aromatic carbocycles. The smallest absolute Gasteiger partial charge is 0.230 e. The molecule has 4 nitrogen and oxygen atoms in total. The molecule has 0 aliphatic carbocycles. The van der Waals surface area contributed by atoms with Gasteiger partial charge in [-0.15, -0.1) is 0 Å². The zero-order valence-corrected chi connectivity index (χ0v) is 13.3. The van der Waals surface area contributed by atoms with Crippen molar-refractivity contribution in [3.05, 3.63) is 47.3 Å². The summed E-state index contributed by atoms with van der Waals surface area (Å²) in [5.74, 6) is 0.768. The lowest BCUT2D eigenvalue weighted by Gasteiger charge is -2.23. The van der Waals surface area contributed by atoms with E-state index in [1.165, 1.54) is 11.3 Å². The lowest BCUT2D eigenvalue weighted by molar-refractivity contribution is 0.715. The number of nitrogens with one attached hydrogen (secondary N) is 1. The van der Waals surface area contributed by atoms with E-state index in [4.69, 9.17) is 0 Å². The zero-order valence-electron chi connectivity index (χ0n) is 13.3. The van der Waals surface area contributed by atoms with Crippen molar-refractivity contribution in [1.82, 2.24) is 15.3 Å². The molecule has 21 heavy (non-hydrogen) atoms. The fourth-order valence-electron chi connectivity index (χ4n) is 2.33. The minimum Gasteiger partial charge on any atom is -0.313 e. The number of aryl methyl sites for hydroxylation is 2. The first kappa shape index (κ1) is 15.4. The molecular formula is C17H24N4. The average molecular weight is 284 g/mol. The van der Waals surface area contributed by atoms with Crippen molar-refractivity contribution >= 4 is 11.6 Å². The van der Waals surface area contributed by atoms with E-state index in [1.54, 1.807) is 0 Å². The molecule has 1 heterocycles. The number of rotatable bonds is 6. The van der Waals surface area contributed by atoms with Gasteiger partial charge in [0, 0.05) is 36.2 Å². The van der Waals surface area contributed by atoms with Crippen LogP contribution in [0.5, 0.6) is 0 Å². The Bertz CT molecular complexity index is 595. The molecule has 0 unspecified atom stereocenters. The second-order valence-corrected chi connectivity index (χ2v) is 5.09. The van der Waals surface area contributed by atoms with E-state index in [1.807, 2.05) is 13.1 Å². The summed E-state index contributed by atoms with van der Waals surface area (Å²) in [4.78, 5) is 11.4. The van der Waals surface area contributed by atoms with Crippen molar-refractivity contribution in [3.63, 3.8) is 0 Å². The molecule has 0 spiro atoms. The van der Waals surface area contributed by atoms with Crippen LogP contribution in [-0.4, -0.2) is 23.1 Å². The van der Waals surface area contributed by atoms with Crippen LogP contribution in [0.4, 0.5) is 11.6 Å². The quantitative estimate of drug-likeness (QED) is 0.883. The highest BCUT2D eigenvalue weighted by Crippen LogP contribution is 2.25. The predicted molar refractivity (Wildman–Crippen MR) is 88.0 cm³/mol. The van der Waals surface area contributed by atoms with Crippen molar-refractivity contribution in [3.8, 4) is 0 Å². The standard InChI is InChI=1S/C17H24N4/c1-5-18-11-15-12-19-17(20-14(15)4)21(6-2)16-10-8-7-9-13(16)3/h7-10,12,18H,5-6,11H2,1-4H3. The predicted octanol–water partition coefficient (Wildman–Crippen LogP) is 3.36. The molecule has 0 fully saturated rings. The van der Waals surface area contributed by atoms with Crippen molar-refractivity contribution in [2.45, 2.75) is 34.2 Å². The number of anilines is 2. The number of hydrogen-bond acceptors (Lipinski definition) is 4. The molecule has 0 radical (unpaired) electrons. The van der Waals surface area contributed by atoms with Crippen LogP contribution < -0.4 is 10.2 Å². The van der Waals surface area contributed by atoms with E-state index in [9.17, 15) is 0 Å². The second kappa shape index (κ2) is 7.18. The normalized spacial score (nSPS) is 10.7. The summed E-state index contributed by atoms with van der Waals surface area (Å²) in [7, 11) is 0. The van der Waals surface area contributed by atoms with Crippen LogP contribution in [0.3, 0.4) is 0 Å². The molecule has 0 saturated heterocycles. The number of benzene rings is 1. The summed E-state index contributed by atoms with van der Waals surface area (Å²) < 4.78 is 0. The van der Waals surface area contributed by atoms with Gasteiger partial charge in [-0.2, -0.15) is 0 Å². The topological polar surface area (TPSA) is 41.1 Å². The maximum absolute atomic E-state index is 4.69. The van der Waals surface area contributed by atoms with Gasteiger partial charge in [-0.3, -0.25) is 0 Å². The number of aromatic nitrogens is 2. The van der Waals surface area contributed by atoms with E-state index in [2.05, 4.69) is 65.2 Å². The Morgan fingerprint density at radius 1 is 1.14 bits per heavy atom. The maximum Gasteiger partial charge on any atom is 0.230 e. The summed E-state index contributed by atoms with van der Waals surface area (Å²) in [6.45, 7) is 11.0. The molecule has 0 aliphatic heterocycles. The molecule has 2 aromatic rings. The van der Waals surface area contributed by atoms with Crippen molar-refractivity contribution in [2.75, 3.05) is 18.0 Å². The summed E-state index contributed by atoms with van der Waals surface area (Å²) in [5.41, 5.74) is 4.59. The molecule has 0 saturated carbocycles.